The van der Waals surface area contributed by atoms with Gasteiger partial charge in [0.1, 0.15) is 5.82 Å². The molecule has 2 aromatic rings. The molecule has 7 nitrogen and oxygen atoms in total. The molecule has 1 aliphatic heterocycles. The maximum Gasteiger partial charge on any atom is 0.416 e. The molecule has 0 saturated carbocycles. The lowest BCUT2D eigenvalue weighted by Gasteiger charge is -2.11. The summed E-state index contributed by atoms with van der Waals surface area (Å²) < 4.78 is 64.7. The number of aryl methyl sites for hydroxylation is 2. The van der Waals surface area contributed by atoms with Crippen LogP contribution in [-0.2, 0) is 35.0 Å². The van der Waals surface area contributed by atoms with Crippen LogP contribution in [-0.4, -0.2) is 48.0 Å². The van der Waals surface area contributed by atoms with Crippen molar-refractivity contribution in [2.45, 2.75) is 51.7 Å². The molecule has 0 fully saturated rings. The largest absolute Gasteiger partial charge is 0.462 e. The average Bonchev–Trinajstić information content (AvgIpc) is 3.13. The molecule has 34 heavy (non-hydrogen) atoms. The highest BCUT2D eigenvalue weighted by molar-refractivity contribution is 5.96. The number of amides is 1. The summed E-state index contributed by atoms with van der Waals surface area (Å²) in [6.45, 7) is 3.69. The van der Waals surface area contributed by atoms with E-state index < -0.39 is 29.1 Å². The first-order valence-corrected chi connectivity index (χ1v) is 11.2. The number of ether oxygens (including phenoxy) is 2. The van der Waals surface area contributed by atoms with Gasteiger partial charge in [-0.1, -0.05) is 6.92 Å². The molecule has 186 valence electrons. The van der Waals surface area contributed by atoms with Gasteiger partial charge < -0.3 is 14.8 Å². The number of carbonyl (C=O) groups excluding carboxylic acids is 2. The summed E-state index contributed by atoms with van der Waals surface area (Å²) in [4.78, 5) is 24.9. The van der Waals surface area contributed by atoms with Crippen molar-refractivity contribution >= 4 is 11.9 Å². The van der Waals surface area contributed by atoms with Gasteiger partial charge in [0.05, 0.1) is 34.7 Å². The van der Waals surface area contributed by atoms with Crippen molar-refractivity contribution in [2.24, 2.45) is 0 Å². The van der Waals surface area contributed by atoms with Crippen LogP contribution >= 0.6 is 0 Å². The number of halogens is 4. The molecule has 0 saturated heterocycles. The number of hydrogen-bond donors (Lipinski definition) is 1. The summed E-state index contributed by atoms with van der Waals surface area (Å²) in [7, 11) is 0. The molecule has 1 aromatic carbocycles. The zero-order chi connectivity index (χ0) is 24.7. The van der Waals surface area contributed by atoms with E-state index in [1.165, 1.54) is 0 Å². The first-order chi connectivity index (χ1) is 16.2. The number of aromatic nitrogens is 2. The van der Waals surface area contributed by atoms with Gasteiger partial charge in [-0.2, -0.15) is 18.3 Å². The molecule has 0 radical (unpaired) electrons. The van der Waals surface area contributed by atoms with Crippen LogP contribution in [0.2, 0.25) is 0 Å². The van der Waals surface area contributed by atoms with E-state index in [0.29, 0.717) is 81.4 Å². The molecule has 0 spiro atoms. The van der Waals surface area contributed by atoms with Gasteiger partial charge in [-0.25, -0.2) is 9.18 Å². The van der Waals surface area contributed by atoms with Crippen LogP contribution in [0, 0.1) is 5.82 Å². The third-order valence-corrected chi connectivity index (χ3v) is 5.41. The van der Waals surface area contributed by atoms with Crippen LogP contribution in [0.3, 0.4) is 0 Å². The van der Waals surface area contributed by atoms with Crippen LogP contribution < -0.4 is 5.32 Å². The van der Waals surface area contributed by atoms with Crippen molar-refractivity contribution < 1.29 is 36.6 Å². The van der Waals surface area contributed by atoms with E-state index in [9.17, 15) is 27.2 Å². The molecule has 0 atom stereocenters. The fourth-order valence-corrected chi connectivity index (χ4v) is 3.72. The molecule has 0 aliphatic carbocycles. The zero-order valence-corrected chi connectivity index (χ0v) is 18.8. The average molecular weight is 485 g/mol. The lowest BCUT2D eigenvalue weighted by Crippen LogP contribution is -2.26. The first kappa shape index (κ1) is 25.7. The number of esters is 1. The summed E-state index contributed by atoms with van der Waals surface area (Å²) in [5.41, 5.74) is 0.0680. The van der Waals surface area contributed by atoms with Crippen LogP contribution in [0.1, 0.15) is 63.9 Å². The van der Waals surface area contributed by atoms with Crippen LogP contribution in [0.5, 0.6) is 0 Å². The number of nitrogens with zero attached hydrogens (tertiary/aromatic N) is 2. The zero-order valence-electron chi connectivity index (χ0n) is 18.8. The highest BCUT2D eigenvalue weighted by Gasteiger charge is 2.32. The van der Waals surface area contributed by atoms with E-state index in [1.807, 2.05) is 6.92 Å². The van der Waals surface area contributed by atoms with Crippen molar-refractivity contribution in [3.63, 3.8) is 0 Å². The standard InChI is InChI=1S/C23H27F4N3O4/c1-2-18-20-19(6-3-11-33-12-4-9-28-21(20)31)30(29-18)10-5-13-34-22(32)16-14-15(23(25,26)27)7-8-17(16)24/h7-8,14H,2-6,9-13H2,1H3,(H,28,31). The molecule has 1 amide bonds. The highest BCUT2D eigenvalue weighted by atomic mass is 19.4. The summed E-state index contributed by atoms with van der Waals surface area (Å²) in [5.74, 6) is -2.45. The molecule has 1 aliphatic rings. The van der Waals surface area contributed by atoms with Crippen molar-refractivity contribution in [2.75, 3.05) is 26.4 Å². The predicted molar refractivity (Wildman–Crippen MR) is 114 cm³/mol. The van der Waals surface area contributed by atoms with E-state index in [1.54, 1.807) is 4.68 Å². The monoisotopic (exact) mass is 485 g/mol. The van der Waals surface area contributed by atoms with E-state index in [4.69, 9.17) is 9.47 Å². The topological polar surface area (TPSA) is 82.5 Å². The number of alkyl halides is 3. The Morgan fingerprint density at radius 2 is 2.03 bits per heavy atom. The SMILES string of the molecule is CCc1nn(CCCOC(=O)c2cc(C(F)(F)F)ccc2F)c2c1C(=O)NCCCOCCC2. The fraction of sp³-hybridized carbons (Fsp3) is 0.522. The van der Waals surface area contributed by atoms with Crippen molar-refractivity contribution in [3.05, 3.63) is 52.1 Å². The maximum absolute atomic E-state index is 13.9. The van der Waals surface area contributed by atoms with Crippen LogP contribution in [0.25, 0.3) is 0 Å². The minimum absolute atomic E-state index is 0.153. The number of hydrogen-bond acceptors (Lipinski definition) is 5. The Bertz CT molecular complexity index is 1020. The van der Waals surface area contributed by atoms with E-state index in [2.05, 4.69) is 10.4 Å². The third-order valence-electron chi connectivity index (χ3n) is 5.41. The maximum atomic E-state index is 13.9. The van der Waals surface area contributed by atoms with E-state index >= 15 is 0 Å². The summed E-state index contributed by atoms with van der Waals surface area (Å²) in [6.07, 6.45) is -1.87. The van der Waals surface area contributed by atoms with Gasteiger partial charge in [0.25, 0.3) is 5.91 Å². The normalized spacial score (nSPS) is 15.3. The Hall–Kier alpha value is -2.95. The molecule has 2 heterocycles. The molecule has 3 rings (SSSR count). The van der Waals surface area contributed by atoms with Crippen LogP contribution in [0.15, 0.2) is 18.2 Å². The minimum atomic E-state index is -4.70. The Balaban J connectivity index is 1.67. The van der Waals surface area contributed by atoms with Gasteiger partial charge in [0.15, 0.2) is 0 Å². The summed E-state index contributed by atoms with van der Waals surface area (Å²) >= 11 is 0. The number of carbonyl (C=O) groups is 2. The van der Waals surface area contributed by atoms with Crippen molar-refractivity contribution in [3.8, 4) is 0 Å². The molecular weight excluding hydrogens is 458 g/mol. The molecule has 0 unspecified atom stereocenters. The number of benzene rings is 1. The van der Waals surface area contributed by atoms with E-state index in [0.717, 1.165) is 5.69 Å². The van der Waals surface area contributed by atoms with E-state index in [-0.39, 0.29) is 18.9 Å². The number of nitrogens with one attached hydrogen (secondary N) is 1. The Kier molecular flexibility index (Phi) is 8.65. The first-order valence-electron chi connectivity index (χ1n) is 11.2. The second kappa shape index (κ2) is 11.5. The Labute approximate surface area is 194 Å². The van der Waals surface area contributed by atoms with Gasteiger partial charge in [-0.15, -0.1) is 0 Å². The van der Waals surface area contributed by atoms with Crippen molar-refractivity contribution in [1.82, 2.24) is 15.1 Å². The predicted octanol–water partition coefficient (Wildman–Crippen LogP) is 3.93. The fourth-order valence-electron chi connectivity index (χ4n) is 3.72. The molecule has 11 heteroatoms. The Morgan fingerprint density at radius 1 is 1.26 bits per heavy atom. The minimum Gasteiger partial charge on any atom is -0.462 e. The summed E-state index contributed by atoms with van der Waals surface area (Å²) in [5, 5.41) is 7.43. The second-order valence-corrected chi connectivity index (χ2v) is 7.85. The lowest BCUT2D eigenvalue weighted by atomic mass is 10.1. The number of rotatable bonds is 6. The van der Waals surface area contributed by atoms with Gasteiger partial charge in [-0.3, -0.25) is 9.48 Å². The van der Waals surface area contributed by atoms with Gasteiger partial charge in [0.2, 0.25) is 0 Å². The van der Waals surface area contributed by atoms with Gasteiger partial charge in [-0.05, 0) is 43.9 Å². The molecule has 1 aromatic heterocycles. The Morgan fingerprint density at radius 3 is 2.76 bits per heavy atom. The second-order valence-electron chi connectivity index (χ2n) is 7.85. The lowest BCUT2D eigenvalue weighted by molar-refractivity contribution is -0.137. The summed E-state index contributed by atoms with van der Waals surface area (Å²) in [6, 6.07) is 1.60. The number of fused-ring (bicyclic) bond motifs is 1. The quantitative estimate of drug-likeness (QED) is 0.381. The van der Waals surface area contributed by atoms with Gasteiger partial charge >= 0.3 is 12.1 Å². The molecule has 0 bridgehead atoms. The van der Waals surface area contributed by atoms with Crippen molar-refractivity contribution in [1.29, 1.82) is 0 Å². The third kappa shape index (κ3) is 6.34. The van der Waals surface area contributed by atoms with Crippen LogP contribution in [0.4, 0.5) is 17.6 Å². The molecular formula is C23H27F4N3O4. The van der Waals surface area contributed by atoms with Gasteiger partial charge in [0, 0.05) is 32.7 Å². The molecule has 1 N–H and O–H groups in total. The highest BCUT2D eigenvalue weighted by Crippen LogP contribution is 2.30. The smallest absolute Gasteiger partial charge is 0.416 e.